The minimum atomic E-state index is -5.23. The quantitative estimate of drug-likeness (QED) is 0.246. The highest BCUT2D eigenvalue weighted by Gasteiger charge is 2.42. The Hall–Kier alpha value is -3.98. The second-order valence-electron chi connectivity index (χ2n) is 7.54. The van der Waals surface area contributed by atoms with Crippen LogP contribution in [0.25, 0.3) is 0 Å². The van der Waals surface area contributed by atoms with Crippen molar-refractivity contribution in [2.45, 2.75) is 24.7 Å². The van der Waals surface area contributed by atoms with E-state index in [9.17, 15) is 52.7 Å². The molecule has 0 bridgehead atoms. The van der Waals surface area contributed by atoms with Crippen LogP contribution in [0.15, 0.2) is 48.5 Å². The van der Waals surface area contributed by atoms with Gasteiger partial charge in [0.25, 0.3) is 0 Å². The van der Waals surface area contributed by atoms with Gasteiger partial charge >= 0.3 is 24.7 Å². The fourth-order valence-corrected chi connectivity index (χ4v) is 3.20. The van der Waals surface area contributed by atoms with Gasteiger partial charge in [-0.3, -0.25) is 0 Å². The van der Waals surface area contributed by atoms with E-state index in [0.717, 1.165) is 24.3 Å². The van der Waals surface area contributed by atoms with Crippen molar-refractivity contribution in [2.75, 3.05) is 11.5 Å². The molecule has 0 saturated heterocycles. The second-order valence-corrected chi connectivity index (χ2v) is 7.54. The molecule has 3 aromatic rings. The van der Waals surface area contributed by atoms with Crippen LogP contribution in [0.5, 0.6) is 23.0 Å². The Morgan fingerprint density at radius 1 is 0.447 bits per heavy atom. The molecule has 38 heavy (non-hydrogen) atoms. The number of rotatable bonds is 4. The first-order valence-corrected chi connectivity index (χ1v) is 9.79. The molecule has 0 aliphatic heterocycles. The summed E-state index contributed by atoms with van der Waals surface area (Å²) < 4.78 is 168. The summed E-state index contributed by atoms with van der Waals surface area (Å²) >= 11 is 0. The van der Waals surface area contributed by atoms with Crippen molar-refractivity contribution < 1.29 is 62.2 Å². The van der Waals surface area contributed by atoms with Crippen LogP contribution < -0.4 is 20.9 Å². The number of halogens is 12. The van der Waals surface area contributed by atoms with Crippen LogP contribution in [-0.2, 0) is 24.7 Å². The summed E-state index contributed by atoms with van der Waals surface area (Å²) in [7, 11) is 0. The highest BCUT2D eigenvalue weighted by Crippen LogP contribution is 2.47. The topological polar surface area (TPSA) is 70.5 Å². The maximum atomic E-state index is 13.4. The SMILES string of the molecule is Nc1cc(C(F)(F)F)cc(Oc2ccc(Oc3cc(C(F)(F)F)cc(N)c3C(F)(F)F)cc2)c1C(F)(F)F. The Kier molecular flexibility index (Phi) is 7.07. The average Bonchev–Trinajstić information content (AvgIpc) is 2.71. The van der Waals surface area contributed by atoms with Crippen molar-refractivity contribution in [3.8, 4) is 23.0 Å². The minimum Gasteiger partial charge on any atom is -0.457 e. The average molecular weight is 564 g/mol. The van der Waals surface area contributed by atoms with Crippen molar-refractivity contribution in [1.82, 2.24) is 0 Å². The van der Waals surface area contributed by atoms with Gasteiger partial charge in [0.05, 0.1) is 11.1 Å². The molecule has 0 radical (unpaired) electrons. The summed E-state index contributed by atoms with van der Waals surface area (Å²) in [4.78, 5) is 0. The zero-order valence-corrected chi connectivity index (χ0v) is 18.1. The molecule has 3 aromatic carbocycles. The van der Waals surface area contributed by atoms with Crippen molar-refractivity contribution in [1.29, 1.82) is 0 Å². The van der Waals surface area contributed by atoms with Gasteiger partial charge in [-0.2, -0.15) is 52.7 Å². The van der Waals surface area contributed by atoms with Crippen LogP contribution >= 0.6 is 0 Å². The standard InChI is InChI=1S/C22H12F12N2O2/c23-19(24,25)9-5-13(35)17(21(29,30)31)15(7-9)37-11-1-2-12(4-3-11)38-16-8-10(20(26,27)28)6-14(36)18(16)22(32,33)34/h1-8H,35-36H2. The predicted octanol–water partition coefficient (Wildman–Crippen LogP) is 8.51. The lowest BCUT2D eigenvalue weighted by molar-refractivity contribution is -0.141. The summed E-state index contributed by atoms with van der Waals surface area (Å²) in [5.74, 6) is -3.74. The fraction of sp³-hybridized carbons (Fsp3) is 0.182. The Morgan fingerprint density at radius 2 is 0.737 bits per heavy atom. The first-order valence-electron chi connectivity index (χ1n) is 9.79. The molecule has 0 aromatic heterocycles. The van der Waals surface area contributed by atoms with Crippen molar-refractivity contribution >= 4 is 11.4 Å². The number of hydrogen-bond acceptors (Lipinski definition) is 4. The van der Waals surface area contributed by atoms with E-state index in [-0.39, 0.29) is 24.3 Å². The fourth-order valence-electron chi connectivity index (χ4n) is 3.20. The molecule has 0 atom stereocenters. The highest BCUT2D eigenvalue weighted by atomic mass is 19.4. The van der Waals surface area contributed by atoms with Crippen molar-refractivity contribution in [2.24, 2.45) is 0 Å². The van der Waals surface area contributed by atoms with Crippen LogP contribution in [0.4, 0.5) is 64.1 Å². The molecular formula is C22H12F12N2O2. The maximum Gasteiger partial charge on any atom is 0.421 e. The van der Waals surface area contributed by atoms with Gasteiger partial charge in [0.15, 0.2) is 0 Å². The van der Waals surface area contributed by atoms with Gasteiger partial charge < -0.3 is 20.9 Å². The smallest absolute Gasteiger partial charge is 0.421 e. The molecule has 4 N–H and O–H groups in total. The zero-order chi connectivity index (χ0) is 28.8. The lowest BCUT2D eigenvalue weighted by Gasteiger charge is -2.19. The minimum absolute atomic E-state index is 0.0462. The van der Waals surface area contributed by atoms with E-state index in [1.807, 2.05) is 0 Å². The number of alkyl halides is 12. The molecule has 0 amide bonds. The molecule has 0 fully saturated rings. The molecule has 16 heteroatoms. The zero-order valence-electron chi connectivity index (χ0n) is 18.1. The van der Waals surface area contributed by atoms with Gasteiger partial charge in [0, 0.05) is 11.4 Å². The molecule has 0 aliphatic rings. The third-order valence-electron chi connectivity index (χ3n) is 4.77. The van der Waals surface area contributed by atoms with E-state index < -0.39 is 81.3 Å². The molecule has 0 heterocycles. The summed E-state index contributed by atoms with van der Waals surface area (Å²) in [5.41, 5.74) is 1.21. The predicted molar refractivity (Wildman–Crippen MR) is 108 cm³/mol. The van der Waals surface area contributed by atoms with Crippen LogP contribution in [0.1, 0.15) is 22.3 Å². The molecule has 206 valence electrons. The molecule has 0 aliphatic carbocycles. The van der Waals surface area contributed by atoms with E-state index in [1.54, 1.807) is 0 Å². The number of ether oxygens (including phenoxy) is 2. The Balaban J connectivity index is 1.99. The largest absolute Gasteiger partial charge is 0.457 e. The van der Waals surface area contributed by atoms with E-state index in [2.05, 4.69) is 0 Å². The molecule has 0 unspecified atom stereocenters. The maximum absolute atomic E-state index is 13.4. The monoisotopic (exact) mass is 564 g/mol. The van der Waals surface area contributed by atoms with Gasteiger partial charge in [-0.25, -0.2) is 0 Å². The highest BCUT2D eigenvalue weighted by molar-refractivity contribution is 5.61. The molecular weight excluding hydrogens is 552 g/mol. The second kappa shape index (κ2) is 9.40. The number of nitrogens with two attached hydrogens (primary N) is 2. The summed E-state index contributed by atoms with van der Waals surface area (Å²) in [5, 5.41) is 0. The molecule has 4 nitrogen and oxygen atoms in total. The third kappa shape index (κ3) is 6.28. The van der Waals surface area contributed by atoms with Gasteiger partial charge in [-0.05, 0) is 48.5 Å². The van der Waals surface area contributed by atoms with Crippen LogP contribution in [0.3, 0.4) is 0 Å². The van der Waals surface area contributed by atoms with E-state index in [4.69, 9.17) is 20.9 Å². The number of anilines is 2. The Labute approximate surface area is 204 Å². The summed E-state index contributed by atoms with van der Waals surface area (Å²) in [6, 6.07) is 3.37. The third-order valence-corrected chi connectivity index (χ3v) is 4.77. The van der Waals surface area contributed by atoms with Crippen molar-refractivity contribution in [3.05, 3.63) is 70.8 Å². The molecule has 3 rings (SSSR count). The Morgan fingerprint density at radius 3 is 0.974 bits per heavy atom. The van der Waals surface area contributed by atoms with Gasteiger partial charge in [-0.1, -0.05) is 0 Å². The van der Waals surface area contributed by atoms with E-state index in [1.165, 1.54) is 0 Å². The van der Waals surface area contributed by atoms with Gasteiger partial charge in [-0.15, -0.1) is 0 Å². The first-order chi connectivity index (χ1) is 17.2. The summed E-state index contributed by atoms with van der Waals surface area (Å²) in [6.07, 6.45) is -20.6. The lowest BCUT2D eigenvalue weighted by atomic mass is 10.1. The van der Waals surface area contributed by atoms with Gasteiger partial charge in [0.1, 0.15) is 34.1 Å². The molecule has 0 spiro atoms. The van der Waals surface area contributed by atoms with Crippen LogP contribution in [-0.4, -0.2) is 0 Å². The Bertz CT molecular complexity index is 1220. The first kappa shape index (κ1) is 28.6. The van der Waals surface area contributed by atoms with Crippen LogP contribution in [0, 0.1) is 0 Å². The molecule has 0 saturated carbocycles. The summed E-state index contributed by atoms with van der Waals surface area (Å²) in [6.45, 7) is 0. The normalized spacial score (nSPS) is 12.9. The lowest BCUT2D eigenvalue weighted by Crippen LogP contribution is -2.14. The number of nitrogen functional groups attached to an aromatic ring is 2. The van der Waals surface area contributed by atoms with Gasteiger partial charge in [0.2, 0.25) is 0 Å². The van der Waals surface area contributed by atoms with Crippen molar-refractivity contribution in [3.63, 3.8) is 0 Å². The van der Waals surface area contributed by atoms with E-state index in [0.29, 0.717) is 0 Å². The number of hydrogen-bond donors (Lipinski definition) is 2. The number of benzene rings is 3. The van der Waals surface area contributed by atoms with Crippen LogP contribution in [0.2, 0.25) is 0 Å². The van der Waals surface area contributed by atoms with E-state index >= 15 is 0 Å².